The van der Waals surface area contributed by atoms with Crippen LogP contribution in [0.1, 0.15) is 16.1 Å². The average molecular weight is 270 g/mol. The Labute approximate surface area is 114 Å². The highest BCUT2D eigenvalue weighted by Crippen LogP contribution is 2.25. The van der Waals surface area contributed by atoms with E-state index in [1.165, 1.54) is 31.6 Å². The minimum Gasteiger partial charge on any atom is -0.496 e. The molecule has 0 amide bonds. The summed E-state index contributed by atoms with van der Waals surface area (Å²) in [4.78, 5) is 18.9. The first-order valence-corrected chi connectivity index (χ1v) is 5.55. The number of carboxylic acid groups (broad SMARTS) is 1. The molecule has 1 aromatic heterocycles. The summed E-state index contributed by atoms with van der Waals surface area (Å²) in [5.74, 6) is -0.573. The van der Waals surface area contributed by atoms with Crippen LogP contribution < -0.4 is 10.1 Å². The van der Waals surface area contributed by atoms with Gasteiger partial charge in [-0.2, -0.15) is 5.26 Å². The van der Waals surface area contributed by atoms with Gasteiger partial charge in [-0.25, -0.2) is 14.8 Å². The zero-order valence-electron chi connectivity index (χ0n) is 10.5. The lowest BCUT2D eigenvalue weighted by atomic mass is 10.2. The van der Waals surface area contributed by atoms with Crippen LogP contribution in [-0.4, -0.2) is 28.2 Å². The van der Waals surface area contributed by atoms with E-state index in [2.05, 4.69) is 15.3 Å². The number of nitrogens with one attached hydrogen (secondary N) is 1. The first-order chi connectivity index (χ1) is 9.65. The molecule has 7 heteroatoms. The molecule has 100 valence electrons. The maximum atomic E-state index is 11.0. The number of aromatic carboxylic acids is 1. The molecule has 0 fully saturated rings. The maximum absolute atomic E-state index is 11.0. The normalized spacial score (nSPS) is 9.60. The molecule has 0 atom stereocenters. The molecule has 2 aromatic rings. The quantitative estimate of drug-likeness (QED) is 0.871. The first kappa shape index (κ1) is 13.3. The number of hydrogen-bond acceptors (Lipinski definition) is 6. The number of rotatable bonds is 4. The zero-order valence-corrected chi connectivity index (χ0v) is 10.5. The smallest absolute Gasteiger partial charge is 0.339 e. The van der Waals surface area contributed by atoms with Gasteiger partial charge in [0.1, 0.15) is 17.4 Å². The second kappa shape index (κ2) is 5.67. The number of carbonyl (C=O) groups is 1. The SMILES string of the molecule is COc1cc(Nc2nccnc2C#N)ccc1C(=O)O. The van der Waals surface area contributed by atoms with Crippen LogP contribution in [0.4, 0.5) is 11.5 Å². The van der Waals surface area contributed by atoms with Crippen LogP contribution in [0.3, 0.4) is 0 Å². The standard InChI is InChI=1S/C13H10N4O3/c1-20-11-6-8(2-3-9(11)13(18)19)17-12-10(7-14)15-4-5-16-12/h2-6H,1H3,(H,16,17)(H,18,19). The van der Waals surface area contributed by atoms with Gasteiger partial charge >= 0.3 is 5.97 Å². The number of nitriles is 1. The molecule has 2 rings (SSSR count). The van der Waals surface area contributed by atoms with E-state index in [-0.39, 0.29) is 17.0 Å². The van der Waals surface area contributed by atoms with Crippen LogP contribution in [0.5, 0.6) is 5.75 Å². The number of ether oxygens (including phenoxy) is 1. The van der Waals surface area contributed by atoms with Gasteiger partial charge in [0.15, 0.2) is 11.5 Å². The topological polar surface area (TPSA) is 108 Å². The summed E-state index contributed by atoms with van der Waals surface area (Å²) in [6, 6.07) is 6.39. The molecule has 0 spiro atoms. The molecule has 20 heavy (non-hydrogen) atoms. The summed E-state index contributed by atoms with van der Waals surface area (Å²) in [7, 11) is 1.38. The highest BCUT2D eigenvalue weighted by molar-refractivity contribution is 5.91. The molecular weight excluding hydrogens is 260 g/mol. The second-order valence-corrected chi connectivity index (χ2v) is 3.71. The lowest BCUT2D eigenvalue weighted by Crippen LogP contribution is -2.03. The number of aromatic nitrogens is 2. The molecule has 0 radical (unpaired) electrons. The van der Waals surface area contributed by atoms with Crippen molar-refractivity contribution in [3.63, 3.8) is 0 Å². The number of hydrogen-bond donors (Lipinski definition) is 2. The Kier molecular flexibility index (Phi) is 3.77. The van der Waals surface area contributed by atoms with Gasteiger partial charge in [0.2, 0.25) is 0 Å². The fraction of sp³-hybridized carbons (Fsp3) is 0.0769. The summed E-state index contributed by atoms with van der Waals surface area (Å²) in [5.41, 5.74) is 0.746. The van der Waals surface area contributed by atoms with Gasteiger partial charge in [-0.1, -0.05) is 0 Å². The average Bonchev–Trinajstić information content (AvgIpc) is 2.47. The number of methoxy groups -OCH3 is 1. The minimum atomic E-state index is -1.08. The number of carboxylic acids is 1. The van der Waals surface area contributed by atoms with E-state index in [0.717, 1.165) is 0 Å². The Morgan fingerprint density at radius 1 is 1.40 bits per heavy atom. The van der Waals surface area contributed by atoms with E-state index in [9.17, 15) is 4.79 Å². The van der Waals surface area contributed by atoms with Crippen LogP contribution in [0.2, 0.25) is 0 Å². The number of anilines is 2. The second-order valence-electron chi connectivity index (χ2n) is 3.71. The van der Waals surface area contributed by atoms with Gasteiger partial charge in [-0.15, -0.1) is 0 Å². The van der Waals surface area contributed by atoms with Crippen molar-refractivity contribution in [3.05, 3.63) is 41.9 Å². The van der Waals surface area contributed by atoms with Crippen LogP contribution >= 0.6 is 0 Å². The molecule has 1 heterocycles. The summed E-state index contributed by atoms with van der Waals surface area (Å²) in [6.45, 7) is 0. The van der Waals surface area contributed by atoms with Gasteiger partial charge in [0.25, 0.3) is 0 Å². The molecule has 0 aliphatic heterocycles. The first-order valence-electron chi connectivity index (χ1n) is 5.55. The van der Waals surface area contributed by atoms with E-state index in [4.69, 9.17) is 15.1 Å². The van der Waals surface area contributed by atoms with E-state index >= 15 is 0 Å². The lowest BCUT2D eigenvalue weighted by Gasteiger charge is -2.10. The molecule has 0 saturated heterocycles. The fourth-order valence-electron chi connectivity index (χ4n) is 1.59. The summed E-state index contributed by atoms with van der Waals surface area (Å²) in [6.07, 6.45) is 2.86. The third-order valence-corrected chi connectivity index (χ3v) is 2.50. The molecule has 0 aliphatic rings. The molecule has 1 aromatic carbocycles. The van der Waals surface area contributed by atoms with Gasteiger partial charge in [-0.05, 0) is 12.1 Å². The summed E-state index contributed by atoms with van der Waals surface area (Å²) in [5, 5.41) is 20.8. The maximum Gasteiger partial charge on any atom is 0.339 e. The summed E-state index contributed by atoms with van der Waals surface area (Å²) >= 11 is 0. The highest BCUT2D eigenvalue weighted by Gasteiger charge is 2.12. The van der Waals surface area contributed by atoms with Crippen molar-refractivity contribution in [2.45, 2.75) is 0 Å². The van der Waals surface area contributed by atoms with Crippen LogP contribution in [0.15, 0.2) is 30.6 Å². The molecule has 7 nitrogen and oxygen atoms in total. The van der Waals surface area contributed by atoms with Gasteiger partial charge in [0.05, 0.1) is 7.11 Å². The van der Waals surface area contributed by atoms with Crippen molar-refractivity contribution in [1.29, 1.82) is 5.26 Å². The molecule has 0 unspecified atom stereocenters. The molecule has 0 saturated carbocycles. The third kappa shape index (κ3) is 2.64. The van der Waals surface area contributed by atoms with Crippen LogP contribution in [-0.2, 0) is 0 Å². The van der Waals surface area contributed by atoms with E-state index < -0.39 is 5.97 Å². The van der Waals surface area contributed by atoms with Crippen molar-refractivity contribution in [2.24, 2.45) is 0 Å². The third-order valence-electron chi connectivity index (χ3n) is 2.50. The zero-order chi connectivity index (χ0) is 14.5. The lowest BCUT2D eigenvalue weighted by molar-refractivity contribution is 0.0693. The van der Waals surface area contributed by atoms with Crippen LogP contribution in [0.25, 0.3) is 0 Å². The van der Waals surface area contributed by atoms with Gasteiger partial charge < -0.3 is 15.2 Å². The molecule has 2 N–H and O–H groups in total. The molecule has 0 aliphatic carbocycles. The predicted molar refractivity (Wildman–Crippen MR) is 70.0 cm³/mol. The minimum absolute atomic E-state index is 0.0534. The largest absolute Gasteiger partial charge is 0.496 e. The molecule has 0 bridgehead atoms. The van der Waals surface area contributed by atoms with Crippen molar-refractivity contribution < 1.29 is 14.6 Å². The molecular formula is C13H10N4O3. The Morgan fingerprint density at radius 3 is 2.80 bits per heavy atom. The van der Waals surface area contributed by atoms with Crippen LogP contribution in [0, 0.1) is 11.3 Å². The Bertz CT molecular complexity index is 694. The Morgan fingerprint density at radius 2 is 2.15 bits per heavy atom. The summed E-state index contributed by atoms with van der Waals surface area (Å²) < 4.78 is 5.02. The fourth-order valence-corrected chi connectivity index (χ4v) is 1.59. The van der Waals surface area contributed by atoms with Gasteiger partial charge in [-0.3, -0.25) is 0 Å². The van der Waals surface area contributed by atoms with Gasteiger partial charge in [0, 0.05) is 24.1 Å². The van der Waals surface area contributed by atoms with Crippen molar-refractivity contribution in [2.75, 3.05) is 12.4 Å². The van der Waals surface area contributed by atoms with E-state index in [0.29, 0.717) is 11.5 Å². The number of benzene rings is 1. The van der Waals surface area contributed by atoms with E-state index in [1.807, 2.05) is 6.07 Å². The predicted octanol–water partition coefficient (Wildman–Crippen LogP) is 1.80. The Balaban J connectivity index is 2.35. The highest BCUT2D eigenvalue weighted by atomic mass is 16.5. The monoisotopic (exact) mass is 270 g/mol. The van der Waals surface area contributed by atoms with Crippen molar-refractivity contribution in [1.82, 2.24) is 9.97 Å². The van der Waals surface area contributed by atoms with E-state index in [1.54, 1.807) is 6.07 Å². The van der Waals surface area contributed by atoms with Crippen molar-refractivity contribution in [3.8, 4) is 11.8 Å². The Hall–Kier alpha value is -3.14. The number of nitrogens with zero attached hydrogens (tertiary/aromatic N) is 3. The van der Waals surface area contributed by atoms with Crippen molar-refractivity contribution >= 4 is 17.5 Å².